The van der Waals surface area contributed by atoms with E-state index in [1.54, 1.807) is 11.8 Å². The molecule has 0 aromatic rings. The number of carboxylic acids is 1. The number of hydrogen-bond acceptors (Lipinski definition) is 4. The highest BCUT2D eigenvalue weighted by Crippen LogP contribution is 2.24. The maximum atomic E-state index is 12.1. The van der Waals surface area contributed by atoms with Crippen molar-refractivity contribution in [2.45, 2.75) is 37.5 Å². The number of amides is 2. The molecule has 0 saturated carbocycles. The number of hydrogen-bond donors (Lipinski definition) is 2. The number of thioether (sulfide) groups is 1. The second kappa shape index (κ2) is 7.89. The quantitative estimate of drug-likeness (QED) is 0.812. The lowest BCUT2D eigenvalue weighted by atomic mass is 10.2. The normalized spacial score (nSPS) is 25.4. The third kappa shape index (κ3) is 4.78. The first-order valence-corrected chi connectivity index (χ1v) is 8.74. The molecule has 0 aromatic carbocycles. The minimum Gasteiger partial charge on any atom is -0.480 e. The van der Waals surface area contributed by atoms with Gasteiger partial charge < -0.3 is 15.3 Å². The van der Waals surface area contributed by atoms with Crippen molar-refractivity contribution in [2.24, 2.45) is 0 Å². The van der Waals surface area contributed by atoms with Gasteiger partial charge in [0, 0.05) is 38.0 Å². The van der Waals surface area contributed by atoms with E-state index in [9.17, 15) is 9.59 Å². The summed E-state index contributed by atoms with van der Waals surface area (Å²) in [7, 11) is 0. The lowest BCUT2D eigenvalue weighted by Crippen LogP contribution is -2.55. The molecular weight excluding hydrogens is 290 g/mol. The number of carbonyl (C=O) groups excluding carboxylic acids is 1. The van der Waals surface area contributed by atoms with Crippen LogP contribution in [0.1, 0.15) is 26.2 Å². The van der Waals surface area contributed by atoms with Crippen LogP contribution < -0.4 is 5.32 Å². The van der Waals surface area contributed by atoms with Crippen molar-refractivity contribution in [3.8, 4) is 0 Å². The first kappa shape index (κ1) is 16.4. The SMILES string of the molecule is CC(C(=O)O)N1CCN(C(=O)NCC2CCCCS2)CC1. The standard InChI is InChI=1S/C14H25N3O3S/c1-11(13(18)19)16-5-7-17(8-6-16)14(20)15-10-12-4-2-3-9-21-12/h11-12H,2-10H2,1H3,(H,15,20)(H,18,19). The van der Waals surface area contributed by atoms with E-state index in [2.05, 4.69) is 5.32 Å². The number of aliphatic carboxylic acids is 1. The molecule has 2 aliphatic heterocycles. The molecule has 21 heavy (non-hydrogen) atoms. The smallest absolute Gasteiger partial charge is 0.320 e. The Morgan fingerprint density at radius 1 is 1.29 bits per heavy atom. The molecule has 120 valence electrons. The summed E-state index contributed by atoms with van der Waals surface area (Å²) < 4.78 is 0. The van der Waals surface area contributed by atoms with Crippen LogP contribution in [-0.2, 0) is 4.79 Å². The molecule has 2 unspecified atom stereocenters. The maximum absolute atomic E-state index is 12.1. The second-order valence-electron chi connectivity index (χ2n) is 5.71. The van der Waals surface area contributed by atoms with E-state index in [-0.39, 0.29) is 6.03 Å². The number of rotatable bonds is 4. The average Bonchev–Trinajstić information content (AvgIpc) is 2.53. The Labute approximate surface area is 130 Å². The summed E-state index contributed by atoms with van der Waals surface area (Å²) in [5.41, 5.74) is 0. The molecule has 6 nitrogen and oxygen atoms in total. The van der Waals surface area contributed by atoms with Crippen LogP contribution in [0.5, 0.6) is 0 Å². The molecule has 2 fully saturated rings. The van der Waals surface area contributed by atoms with Gasteiger partial charge in [-0.05, 0) is 25.5 Å². The minimum atomic E-state index is -0.803. The highest BCUT2D eigenvalue weighted by atomic mass is 32.2. The van der Waals surface area contributed by atoms with E-state index in [0.717, 1.165) is 6.54 Å². The van der Waals surface area contributed by atoms with Crippen LogP contribution in [0.3, 0.4) is 0 Å². The Kier molecular flexibility index (Phi) is 6.17. The predicted octanol–water partition coefficient (Wildman–Crippen LogP) is 1.07. The lowest BCUT2D eigenvalue weighted by Gasteiger charge is -2.36. The molecule has 2 saturated heterocycles. The first-order valence-electron chi connectivity index (χ1n) is 7.69. The van der Waals surface area contributed by atoms with Gasteiger partial charge in [0.05, 0.1) is 0 Å². The van der Waals surface area contributed by atoms with E-state index in [1.165, 1.54) is 25.0 Å². The lowest BCUT2D eigenvalue weighted by molar-refractivity contribution is -0.143. The number of nitrogens with zero attached hydrogens (tertiary/aromatic N) is 2. The van der Waals surface area contributed by atoms with Crippen LogP contribution in [0.2, 0.25) is 0 Å². The molecule has 2 N–H and O–H groups in total. The van der Waals surface area contributed by atoms with Gasteiger partial charge in [0.15, 0.2) is 0 Å². The van der Waals surface area contributed by atoms with Crippen molar-refractivity contribution in [1.82, 2.24) is 15.1 Å². The minimum absolute atomic E-state index is 0.0104. The summed E-state index contributed by atoms with van der Waals surface area (Å²) in [5, 5.41) is 12.6. The van der Waals surface area contributed by atoms with Gasteiger partial charge in [-0.2, -0.15) is 11.8 Å². The zero-order valence-corrected chi connectivity index (χ0v) is 13.4. The topological polar surface area (TPSA) is 72.9 Å². The summed E-state index contributed by atoms with van der Waals surface area (Å²) in [4.78, 5) is 26.8. The van der Waals surface area contributed by atoms with Gasteiger partial charge in [-0.25, -0.2) is 4.79 Å². The predicted molar refractivity (Wildman–Crippen MR) is 83.7 cm³/mol. The molecular formula is C14H25N3O3S. The molecule has 0 aliphatic carbocycles. The van der Waals surface area contributed by atoms with Gasteiger partial charge in [-0.1, -0.05) is 6.42 Å². The van der Waals surface area contributed by atoms with Crippen molar-refractivity contribution in [1.29, 1.82) is 0 Å². The molecule has 2 atom stereocenters. The number of nitrogens with one attached hydrogen (secondary N) is 1. The number of urea groups is 1. The number of piperazine rings is 1. The summed E-state index contributed by atoms with van der Waals surface area (Å²) in [6.07, 6.45) is 3.74. The fraction of sp³-hybridized carbons (Fsp3) is 0.857. The van der Waals surface area contributed by atoms with Crippen LogP contribution in [0.15, 0.2) is 0 Å². The fourth-order valence-electron chi connectivity index (χ4n) is 2.75. The Hall–Kier alpha value is -0.950. The van der Waals surface area contributed by atoms with E-state index in [0.29, 0.717) is 31.4 Å². The highest BCUT2D eigenvalue weighted by Gasteiger charge is 2.27. The van der Waals surface area contributed by atoms with Gasteiger partial charge in [-0.15, -0.1) is 0 Å². The van der Waals surface area contributed by atoms with Gasteiger partial charge in [0.2, 0.25) is 0 Å². The van der Waals surface area contributed by atoms with Crippen LogP contribution in [-0.4, -0.2) is 76.7 Å². The molecule has 2 rings (SSSR count). The molecule has 0 bridgehead atoms. The Balaban J connectivity index is 1.69. The van der Waals surface area contributed by atoms with E-state index < -0.39 is 12.0 Å². The van der Waals surface area contributed by atoms with E-state index in [1.807, 2.05) is 16.7 Å². The highest BCUT2D eigenvalue weighted by molar-refractivity contribution is 7.99. The molecule has 2 heterocycles. The number of carbonyl (C=O) groups is 2. The van der Waals surface area contributed by atoms with Crippen LogP contribution >= 0.6 is 11.8 Å². The second-order valence-corrected chi connectivity index (χ2v) is 7.12. The molecule has 7 heteroatoms. The third-order valence-corrected chi connectivity index (χ3v) is 5.66. The Morgan fingerprint density at radius 3 is 2.57 bits per heavy atom. The summed E-state index contributed by atoms with van der Waals surface area (Å²) in [6.45, 7) is 4.88. The van der Waals surface area contributed by atoms with Gasteiger partial charge in [-0.3, -0.25) is 9.69 Å². The monoisotopic (exact) mass is 315 g/mol. The third-order valence-electron chi connectivity index (χ3n) is 4.26. The fourth-order valence-corrected chi connectivity index (χ4v) is 3.99. The summed E-state index contributed by atoms with van der Waals surface area (Å²) in [5.74, 6) is 0.397. The number of carboxylic acid groups (broad SMARTS) is 1. The Morgan fingerprint density at radius 2 is 2.00 bits per heavy atom. The largest absolute Gasteiger partial charge is 0.480 e. The Bertz CT molecular complexity index is 366. The van der Waals surface area contributed by atoms with Crippen molar-refractivity contribution in [3.05, 3.63) is 0 Å². The zero-order valence-electron chi connectivity index (χ0n) is 12.6. The first-order chi connectivity index (χ1) is 10.1. The molecule has 2 aliphatic rings. The van der Waals surface area contributed by atoms with Crippen molar-refractivity contribution < 1.29 is 14.7 Å². The molecule has 2 amide bonds. The van der Waals surface area contributed by atoms with E-state index in [4.69, 9.17) is 5.11 Å². The van der Waals surface area contributed by atoms with Crippen molar-refractivity contribution in [3.63, 3.8) is 0 Å². The summed E-state index contributed by atoms with van der Waals surface area (Å²) >= 11 is 1.95. The average molecular weight is 315 g/mol. The molecule has 0 spiro atoms. The van der Waals surface area contributed by atoms with E-state index >= 15 is 0 Å². The van der Waals surface area contributed by atoms with Crippen LogP contribution in [0.4, 0.5) is 4.79 Å². The zero-order chi connectivity index (χ0) is 15.2. The molecule has 0 aromatic heterocycles. The maximum Gasteiger partial charge on any atom is 0.320 e. The molecule has 0 radical (unpaired) electrons. The van der Waals surface area contributed by atoms with Crippen LogP contribution in [0, 0.1) is 0 Å². The summed E-state index contributed by atoms with van der Waals surface area (Å²) in [6, 6.07) is -0.488. The van der Waals surface area contributed by atoms with Gasteiger partial charge >= 0.3 is 12.0 Å². The van der Waals surface area contributed by atoms with Gasteiger partial charge in [0.25, 0.3) is 0 Å². The van der Waals surface area contributed by atoms with Crippen molar-refractivity contribution in [2.75, 3.05) is 38.5 Å². The van der Waals surface area contributed by atoms with Crippen molar-refractivity contribution >= 4 is 23.8 Å². The van der Waals surface area contributed by atoms with Crippen LogP contribution in [0.25, 0.3) is 0 Å². The van der Waals surface area contributed by atoms with Gasteiger partial charge in [0.1, 0.15) is 6.04 Å².